The van der Waals surface area contributed by atoms with Crippen LogP contribution in [0.1, 0.15) is 33.1 Å². The third kappa shape index (κ3) is 1.97. The van der Waals surface area contributed by atoms with Gasteiger partial charge in [-0.2, -0.15) is 0 Å². The van der Waals surface area contributed by atoms with Crippen LogP contribution in [0.4, 0.5) is 0 Å². The van der Waals surface area contributed by atoms with Gasteiger partial charge < -0.3 is 9.84 Å². The molecule has 72 valence electrons. The summed E-state index contributed by atoms with van der Waals surface area (Å²) in [5.74, 6) is -0.970. The van der Waals surface area contributed by atoms with E-state index in [-0.39, 0.29) is 0 Å². The van der Waals surface area contributed by atoms with Gasteiger partial charge in [-0.3, -0.25) is 4.90 Å². The molecule has 1 saturated heterocycles. The van der Waals surface area contributed by atoms with Crippen LogP contribution < -0.4 is 0 Å². The number of hydrogen-bond acceptors (Lipinski definition) is 3. The lowest BCUT2D eigenvalue weighted by molar-refractivity contribution is -0.303. The lowest BCUT2D eigenvalue weighted by atomic mass is 10.1. The fourth-order valence-electron chi connectivity index (χ4n) is 1.79. The van der Waals surface area contributed by atoms with Crippen molar-refractivity contribution in [3.63, 3.8) is 0 Å². The highest BCUT2D eigenvalue weighted by molar-refractivity contribution is 4.74. The molecule has 3 heteroatoms. The zero-order chi connectivity index (χ0) is 9.03. The molecule has 0 saturated carbocycles. The van der Waals surface area contributed by atoms with E-state index in [2.05, 4.69) is 6.92 Å². The van der Waals surface area contributed by atoms with Crippen molar-refractivity contribution in [3.05, 3.63) is 0 Å². The van der Waals surface area contributed by atoms with Crippen LogP contribution in [0.2, 0.25) is 0 Å². The molecule has 1 aliphatic heterocycles. The summed E-state index contributed by atoms with van der Waals surface area (Å²) in [6.45, 7) is 6.35. The molecule has 0 aromatic heterocycles. The highest BCUT2D eigenvalue weighted by atomic mass is 16.6. The lowest BCUT2D eigenvalue weighted by Gasteiger charge is -2.41. The summed E-state index contributed by atoms with van der Waals surface area (Å²) in [4.78, 5) is 2.00. The number of piperidine rings is 1. The van der Waals surface area contributed by atoms with Crippen LogP contribution in [-0.2, 0) is 4.74 Å². The fraction of sp³-hybridized carbons (Fsp3) is 1.00. The quantitative estimate of drug-likeness (QED) is 0.650. The summed E-state index contributed by atoms with van der Waals surface area (Å²) < 4.78 is 5.36. The van der Waals surface area contributed by atoms with Gasteiger partial charge in [0.15, 0.2) is 0 Å². The van der Waals surface area contributed by atoms with Crippen molar-refractivity contribution in [2.24, 2.45) is 0 Å². The van der Waals surface area contributed by atoms with Gasteiger partial charge >= 0.3 is 0 Å². The molecular weight excluding hydrogens is 154 g/mol. The molecule has 3 nitrogen and oxygen atoms in total. The Labute approximate surface area is 74.3 Å². The molecule has 0 bridgehead atoms. The van der Waals surface area contributed by atoms with Gasteiger partial charge in [0.2, 0.25) is 5.91 Å². The lowest BCUT2D eigenvalue weighted by Crippen LogP contribution is -2.53. The molecule has 1 rings (SSSR count). The summed E-state index contributed by atoms with van der Waals surface area (Å²) in [7, 11) is 0. The first-order valence-electron chi connectivity index (χ1n) is 4.84. The number of hydrogen-bond donors (Lipinski definition) is 1. The van der Waals surface area contributed by atoms with Crippen molar-refractivity contribution >= 4 is 0 Å². The van der Waals surface area contributed by atoms with E-state index < -0.39 is 5.91 Å². The van der Waals surface area contributed by atoms with Gasteiger partial charge in [-0.1, -0.05) is 6.92 Å². The Bertz CT molecular complexity index is 136. The molecule has 1 N–H and O–H groups in total. The Balaban J connectivity index is 2.55. The van der Waals surface area contributed by atoms with Crippen LogP contribution in [0.25, 0.3) is 0 Å². The third-order valence-electron chi connectivity index (χ3n) is 2.43. The van der Waals surface area contributed by atoms with Gasteiger partial charge in [-0.15, -0.1) is 0 Å². The van der Waals surface area contributed by atoms with Crippen LogP contribution in [0.3, 0.4) is 0 Å². The molecule has 1 heterocycles. The topological polar surface area (TPSA) is 32.7 Å². The van der Waals surface area contributed by atoms with Crippen molar-refractivity contribution in [1.29, 1.82) is 0 Å². The minimum absolute atomic E-state index is 0.576. The summed E-state index contributed by atoms with van der Waals surface area (Å²) in [6.07, 6.45) is 2.98. The van der Waals surface area contributed by atoms with E-state index in [9.17, 15) is 5.11 Å². The van der Waals surface area contributed by atoms with E-state index in [0.29, 0.717) is 6.61 Å². The van der Waals surface area contributed by atoms with Crippen molar-refractivity contribution in [2.75, 3.05) is 19.7 Å². The maximum Gasteiger partial charge on any atom is 0.227 e. The van der Waals surface area contributed by atoms with Crippen LogP contribution in [0, 0.1) is 0 Å². The van der Waals surface area contributed by atoms with Gasteiger partial charge in [-0.25, -0.2) is 0 Å². The first kappa shape index (κ1) is 9.96. The van der Waals surface area contributed by atoms with E-state index in [0.717, 1.165) is 25.9 Å². The van der Waals surface area contributed by atoms with Crippen molar-refractivity contribution in [3.8, 4) is 0 Å². The van der Waals surface area contributed by atoms with E-state index in [4.69, 9.17) is 4.74 Å². The first-order chi connectivity index (χ1) is 5.73. The average molecular weight is 173 g/mol. The largest absolute Gasteiger partial charge is 0.353 e. The molecule has 0 amide bonds. The number of likely N-dealkylation sites (tertiary alicyclic amines) is 1. The van der Waals surface area contributed by atoms with Crippen molar-refractivity contribution in [1.82, 2.24) is 4.90 Å². The van der Waals surface area contributed by atoms with Gasteiger partial charge in [-0.05, 0) is 19.8 Å². The Hall–Kier alpha value is -0.120. The van der Waals surface area contributed by atoms with Crippen LogP contribution in [0.15, 0.2) is 0 Å². The zero-order valence-electron chi connectivity index (χ0n) is 8.05. The third-order valence-corrected chi connectivity index (χ3v) is 2.43. The highest BCUT2D eigenvalue weighted by Crippen LogP contribution is 2.26. The van der Waals surface area contributed by atoms with Crippen LogP contribution in [0.5, 0.6) is 0 Å². The molecule has 0 aromatic carbocycles. The predicted molar refractivity (Wildman–Crippen MR) is 47.7 cm³/mol. The Morgan fingerprint density at radius 1 is 1.42 bits per heavy atom. The summed E-state index contributed by atoms with van der Waals surface area (Å²) in [5, 5.41) is 10.0. The Morgan fingerprint density at radius 3 is 2.75 bits per heavy atom. The molecule has 1 unspecified atom stereocenters. The van der Waals surface area contributed by atoms with Crippen molar-refractivity contribution in [2.45, 2.75) is 39.0 Å². The first-order valence-corrected chi connectivity index (χ1v) is 4.84. The minimum atomic E-state index is -0.970. The molecule has 12 heavy (non-hydrogen) atoms. The summed E-state index contributed by atoms with van der Waals surface area (Å²) >= 11 is 0. The molecule has 0 aliphatic carbocycles. The highest BCUT2D eigenvalue weighted by Gasteiger charge is 2.36. The van der Waals surface area contributed by atoms with Gasteiger partial charge in [0, 0.05) is 26.1 Å². The second-order valence-corrected chi connectivity index (χ2v) is 3.21. The van der Waals surface area contributed by atoms with Crippen LogP contribution >= 0.6 is 0 Å². The maximum atomic E-state index is 10.0. The molecular formula is C9H19NO2. The number of aliphatic hydroxyl groups is 1. The second-order valence-electron chi connectivity index (χ2n) is 3.21. The van der Waals surface area contributed by atoms with E-state index in [1.165, 1.54) is 6.42 Å². The standard InChI is InChI=1S/C9H19NO2/c1-3-10-8-6-5-7-9(10,11)12-4-2/h11H,3-8H2,1-2H3. The predicted octanol–water partition coefficient (Wildman–Crippen LogP) is 1.17. The molecule has 0 spiro atoms. The Morgan fingerprint density at radius 2 is 2.17 bits per heavy atom. The SMILES string of the molecule is CCOC1(O)CCCCN1CC. The van der Waals surface area contributed by atoms with E-state index in [1.54, 1.807) is 0 Å². The number of ether oxygens (including phenoxy) is 1. The summed E-state index contributed by atoms with van der Waals surface area (Å²) in [6, 6.07) is 0. The maximum absolute atomic E-state index is 10.0. The molecule has 1 aliphatic rings. The zero-order valence-corrected chi connectivity index (χ0v) is 8.05. The fourth-order valence-corrected chi connectivity index (χ4v) is 1.79. The smallest absolute Gasteiger partial charge is 0.227 e. The molecule has 1 fully saturated rings. The average Bonchev–Trinajstić information content (AvgIpc) is 2.05. The molecule has 0 radical (unpaired) electrons. The van der Waals surface area contributed by atoms with Crippen molar-refractivity contribution < 1.29 is 9.84 Å². The summed E-state index contributed by atoms with van der Waals surface area (Å²) in [5.41, 5.74) is 0. The van der Waals surface area contributed by atoms with Crippen LogP contribution in [-0.4, -0.2) is 35.6 Å². The Kier molecular flexibility index (Phi) is 3.50. The minimum Gasteiger partial charge on any atom is -0.353 e. The van der Waals surface area contributed by atoms with Gasteiger partial charge in [0.05, 0.1) is 0 Å². The monoisotopic (exact) mass is 173 g/mol. The van der Waals surface area contributed by atoms with E-state index >= 15 is 0 Å². The van der Waals surface area contributed by atoms with Gasteiger partial charge in [0.1, 0.15) is 0 Å². The number of rotatable bonds is 3. The van der Waals surface area contributed by atoms with Gasteiger partial charge in [0.25, 0.3) is 0 Å². The molecule has 0 aromatic rings. The molecule has 1 atom stereocenters. The van der Waals surface area contributed by atoms with E-state index in [1.807, 2.05) is 11.8 Å². The second kappa shape index (κ2) is 4.21. The normalized spacial score (nSPS) is 32.2. The number of nitrogens with zero attached hydrogens (tertiary/aromatic N) is 1.